The summed E-state index contributed by atoms with van der Waals surface area (Å²) >= 11 is 0. The number of carbonyl (C=O) groups excluding carboxylic acids is 1. The predicted octanol–water partition coefficient (Wildman–Crippen LogP) is 2.31. The third-order valence-corrected chi connectivity index (χ3v) is 4.31. The van der Waals surface area contributed by atoms with Gasteiger partial charge in [0.05, 0.1) is 0 Å². The summed E-state index contributed by atoms with van der Waals surface area (Å²) in [5, 5.41) is 3.41. The van der Waals surface area contributed by atoms with Crippen LogP contribution in [-0.4, -0.2) is 60.9 Å². The Balaban J connectivity index is 0.00000242. The highest BCUT2D eigenvalue weighted by Gasteiger charge is 2.20. The number of rotatable bonds is 5. The maximum atomic E-state index is 11.6. The molecule has 1 amide bonds. The Morgan fingerprint density at radius 3 is 2.82 bits per heavy atom. The minimum absolute atomic E-state index is 0. The molecule has 0 saturated carbocycles. The molecule has 1 atom stereocenters. The predicted molar refractivity (Wildman–Crippen MR) is 102 cm³/mol. The molecule has 0 spiro atoms. The van der Waals surface area contributed by atoms with Gasteiger partial charge in [-0.05, 0) is 38.5 Å². The summed E-state index contributed by atoms with van der Waals surface area (Å²) in [6.07, 6.45) is 5.30. The van der Waals surface area contributed by atoms with Crippen LogP contribution in [0.4, 0.5) is 0 Å². The lowest BCUT2D eigenvalue weighted by atomic mass is 10.0. The van der Waals surface area contributed by atoms with E-state index in [1.165, 1.54) is 12.8 Å². The Morgan fingerprint density at radius 2 is 2.18 bits per heavy atom. The van der Waals surface area contributed by atoms with Gasteiger partial charge in [0, 0.05) is 45.7 Å². The molecule has 0 bridgehead atoms. The molecule has 22 heavy (non-hydrogen) atoms. The molecule has 0 aromatic heterocycles. The van der Waals surface area contributed by atoms with Crippen molar-refractivity contribution in [3.63, 3.8) is 0 Å². The second-order valence-electron chi connectivity index (χ2n) is 6.27. The fraction of sp³-hybridized carbons (Fsp3) is 0.875. The zero-order chi connectivity index (χ0) is 15.1. The molecular formula is C16H31IN4O. The SMILES string of the molecule is CCNC(=NCCCN1CCCC1=O)N1CCCC(C)C1.I. The smallest absolute Gasteiger partial charge is 0.222 e. The van der Waals surface area contributed by atoms with E-state index in [4.69, 9.17) is 4.99 Å². The van der Waals surface area contributed by atoms with Crippen LogP contribution in [0, 0.1) is 5.92 Å². The molecule has 6 heteroatoms. The molecule has 0 aliphatic carbocycles. The van der Waals surface area contributed by atoms with Crippen LogP contribution in [0.3, 0.4) is 0 Å². The molecule has 128 valence electrons. The summed E-state index contributed by atoms with van der Waals surface area (Å²) in [6.45, 7) is 10.2. The van der Waals surface area contributed by atoms with Crippen molar-refractivity contribution in [3.05, 3.63) is 0 Å². The normalized spacial score (nSPS) is 22.7. The van der Waals surface area contributed by atoms with Gasteiger partial charge in [0.2, 0.25) is 5.91 Å². The molecule has 2 rings (SSSR count). The number of amides is 1. The van der Waals surface area contributed by atoms with E-state index in [0.29, 0.717) is 5.91 Å². The average molecular weight is 422 g/mol. The summed E-state index contributed by atoms with van der Waals surface area (Å²) in [5.41, 5.74) is 0. The first-order valence-electron chi connectivity index (χ1n) is 8.51. The van der Waals surface area contributed by atoms with Crippen LogP contribution in [-0.2, 0) is 4.79 Å². The van der Waals surface area contributed by atoms with Crippen molar-refractivity contribution < 1.29 is 4.79 Å². The highest BCUT2D eigenvalue weighted by molar-refractivity contribution is 14.0. The Kier molecular flexibility index (Phi) is 9.12. The molecule has 1 N–H and O–H groups in total. The van der Waals surface area contributed by atoms with E-state index in [-0.39, 0.29) is 24.0 Å². The van der Waals surface area contributed by atoms with Gasteiger partial charge in [-0.2, -0.15) is 0 Å². The van der Waals surface area contributed by atoms with E-state index >= 15 is 0 Å². The first kappa shape index (κ1) is 19.5. The van der Waals surface area contributed by atoms with Crippen LogP contribution >= 0.6 is 24.0 Å². The maximum absolute atomic E-state index is 11.6. The molecule has 2 fully saturated rings. The highest BCUT2D eigenvalue weighted by Crippen LogP contribution is 2.15. The minimum Gasteiger partial charge on any atom is -0.357 e. The Bertz CT molecular complexity index is 375. The summed E-state index contributed by atoms with van der Waals surface area (Å²) in [4.78, 5) is 20.7. The van der Waals surface area contributed by atoms with Crippen molar-refractivity contribution in [2.24, 2.45) is 10.9 Å². The summed E-state index contributed by atoms with van der Waals surface area (Å²) in [5.74, 6) is 2.12. The number of hydrogen-bond donors (Lipinski definition) is 1. The second kappa shape index (κ2) is 10.3. The third-order valence-electron chi connectivity index (χ3n) is 4.31. The van der Waals surface area contributed by atoms with Crippen LogP contribution in [0.25, 0.3) is 0 Å². The molecule has 0 aromatic carbocycles. The number of aliphatic imine (C=N–C) groups is 1. The van der Waals surface area contributed by atoms with E-state index in [1.54, 1.807) is 0 Å². The fourth-order valence-electron chi connectivity index (χ4n) is 3.19. The van der Waals surface area contributed by atoms with E-state index < -0.39 is 0 Å². The Hall–Kier alpha value is -0.530. The molecule has 1 unspecified atom stereocenters. The van der Waals surface area contributed by atoms with E-state index in [2.05, 4.69) is 24.1 Å². The van der Waals surface area contributed by atoms with Gasteiger partial charge in [0.15, 0.2) is 5.96 Å². The largest absolute Gasteiger partial charge is 0.357 e. The first-order valence-corrected chi connectivity index (χ1v) is 8.51. The van der Waals surface area contributed by atoms with Crippen LogP contribution in [0.1, 0.15) is 46.0 Å². The number of nitrogens with zero attached hydrogens (tertiary/aromatic N) is 3. The van der Waals surface area contributed by atoms with Crippen molar-refractivity contribution in [1.29, 1.82) is 0 Å². The maximum Gasteiger partial charge on any atom is 0.222 e. The highest BCUT2D eigenvalue weighted by atomic mass is 127. The summed E-state index contributed by atoms with van der Waals surface area (Å²) in [7, 11) is 0. The van der Waals surface area contributed by atoms with Gasteiger partial charge >= 0.3 is 0 Å². The number of guanidine groups is 1. The monoisotopic (exact) mass is 422 g/mol. The number of hydrogen-bond acceptors (Lipinski definition) is 2. The van der Waals surface area contributed by atoms with Gasteiger partial charge in [-0.15, -0.1) is 24.0 Å². The number of halogens is 1. The van der Waals surface area contributed by atoms with Crippen LogP contribution in [0.15, 0.2) is 4.99 Å². The van der Waals surface area contributed by atoms with Crippen LogP contribution in [0.5, 0.6) is 0 Å². The van der Waals surface area contributed by atoms with E-state index in [0.717, 1.165) is 70.4 Å². The van der Waals surface area contributed by atoms with Crippen LogP contribution in [0.2, 0.25) is 0 Å². The van der Waals surface area contributed by atoms with Crippen molar-refractivity contribution in [2.45, 2.75) is 46.0 Å². The molecular weight excluding hydrogens is 391 g/mol. The van der Waals surface area contributed by atoms with Crippen molar-refractivity contribution >= 4 is 35.8 Å². The summed E-state index contributed by atoms with van der Waals surface area (Å²) in [6, 6.07) is 0. The van der Waals surface area contributed by atoms with Gasteiger partial charge in [-0.3, -0.25) is 9.79 Å². The van der Waals surface area contributed by atoms with Crippen LogP contribution < -0.4 is 5.32 Å². The van der Waals surface area contributed by atoms with Gasteiger partial charge < -0.3 is 15.1 Å². The van der Waals surface area contributed by atoms with Gasteiger partial charge in [-0.1, -0.05) is 6.92 Å². The van der Waals surface area contributed by atoms with E-state index in [1.807, 2.05) is 4.90 Å². The van der Waals surface area contributed by atoms with Gasteiger partial charge in [-0.25, -0.2) is 0 Å². The molecule has 0 radical (unpaired) electrons. The molecule has 2 heterocycles. The van der Waals surface area contributed by atoms with E-state index in [9.17, 15) is 4.79 Å². The number of likely N-dealkylation sites (tertiary alicyclic amines) is 2. The molecule has 2 aliphatic rings. The van der Waals surface area contributed by atoms with Crippen molar-refractivity contribution in [2.75, 3.05) is 39.3 Å². The zero-order valence-electron chi connectivity index (χ0n) is 14.0. The average Bonchev–Trinajstić information content (AvgIpc) is 2.88. The Morgan fingerprint density at radius 1 is 1.36 bits per heavy atom. The molecule has 2 aliphatic heterocycles. The second-order valence-corrected chi connectivity index (χ2v) is 6.27. The van der Waals surface area contributed by atoms with Gasteiger partial charge in [0.25, 0.3) is 0 Å². The van der Waals surface area contributed by atoms with Gasteiger partial charge in [0.1, 0.15) is 0 Å². The number of piperidine rings is 1. The quantitative estimate of drug-likeness (QED) is 0.320. The van der Waals surface area contributed by atoms with Crippen molar-refractivity contribution in [3.8, 4) is 0 Å². The first-order chi connectivity index (χ1) is 10.2. The number of nitrogens with one attached hydrogen (secondary N) is 1. The topological polar surface area (TPSA) is 47.9 Å². The standard InChI is InChI=1S/C16H30N4O.HI/c1-3-17-16(20-11-4-7-14(2)13-20)18-9-6-12-19-10-5-8-15(19)21;/h14H,3-13H2,1-2H3,(H,17,18);1H. The summed E-state index contributed by atoms with van der Waals surface area (Å²) < 4.78 is 0. The lowest BCUT2D eigenvalue weighted by Gasteiger charge is -2.33. The molecule has 0 aromatic rings. The minimum atomic E-state index is 0. The molecule has 5 nitrogen and oxygen atoms in total. The number of carbonyl (C=O) groups is 1. The van der Waals surface area contributed by atoms with Crippen molar-refractivity contribution in [1.82, 2.24) is 15.1 Å². The lowest BCUT2D eigenvalue weighted by Crippen LogP contribution is -2.46. The zero-order valence-corrected chi connectivity index (χ0v) is 16.3. The fourth-order valence-corrected chi connectivity index (χ4v) is 3.19. The lowest BCUT2D eigenvalue weighted by molar-refractivity contribution is -0.127. The third kappa shape index (κ3) is 5.93. The molecule has 2 saturated heterocycles. The Labute approximate surface area is 151 Å².